The van der Waals surface area contributed by atoms with Crippen molar-refractivity contribution < 1.29 is 4.79 Å². The molecular formula is C11H21N3O. The van der Waals surface area contributed by atoms with Crippen LogP contribution in [0.25, 0.3) is 0 Å². The summed E-state index contributed by atoms with van der Waals surface area (Å²) in [6.45, 7) is 7.68. The highest BCUT2D eigenvalue weighted by atomic mass is 16.2. The van der Waals surface area contributed by atoms with Crippen LogP contribution in [0.5, 0.6) is 0 Å². The van der Waals surface area contributed by atoms with Gasteiger partial charge in [-0.05, 0) is 6.92 Å². The Morgan fingerprint density at radius 1 is 1.40 bits per heavy atom. The lowest BCUT2D eigenvalue weighted by Crippen LogP contribution is -2.46. The lowest BCUT2D eigenvalue weighted by molar-refractivity contribution is -0.127. The van der Waals surface area contributed by atoms with Gasteiger partial charge in [-0.2, -0.15) is 0 Å². The van der Waals surface area contributed by atoms with Crippen molar-refractivity contribution in [2.24, 2.45) is 5.92 Å². The van der Waals surface area contributed by atoms with Crippen molar-refractivity contribution in [1.29, 1.82) is 0 Å². The van der Waals surface area contributed by atoms with E-state index in [0.717, 1.165) is 39.1 Å². The van der Waals surface area contributed by atoms with Crippen LogP contribution in [0.15, 0.2) is 0 Å². The number of amides is 1. The molecule has 0 bridgehead atoms. The molecule has 0 aliphatic carbocycles. The molecule has 0 spiro atoms. The largest absolute Gasteiger partial charge is 0.343 e. The molecule has 2 rings (SSSR count). The van der Waals surface area contributed by atoms with Crippen LogP contribution in [0, 0.1) is 5.92 Å². The zero-order valence-electron chi connectivity index (χ0n) is 9.70. The van der Waals surface area contributed by atoms with E-state index in [1.165, 1.54) is 0 Å². The van der Waals surface area contributed by atoms with E-state index < -0.39 is 0 Å². The van der Waals surface area contributed by atoms with Gasteiger partial charge in [0.1, 0.15) is 0 Å². The lowest BCUT2D eigenvalue weighted by atomic mass is 10.0. The number of rotatable bonds is 2. The van der Waals surface area contributed by atoms with Crippen LogP contribution in [-0.2, 0) is 4.79 Å². The minimum atomic E-state index is 0.308. The molecule has 0 radical (unpaired) electrons. The highest BCUT2D eigenvalue weighted by molar-refractivity contribution is 5.78. The van der Waals surface area contributed by atoms with E-state index in [1.54, 1.807) is 0 Å². The smallest absolute Gasteiger partial charge is 0.222 e. The first-order valence-corrected chi connectivity index (χ1v) is 5.87. The quantitative estimate of drug-likeness (QED) is 0.684. The van der Waals surface area contributed by atoms with Gasteiger partial charge in [0, 0.05) is 58.2 Å². The van der Waals surface area contributed by atoms with E-state index in [9.17, 15) is 4.79 Å². The van der Waals surface area contributed by atoms with Crippen LogP contribution in [0.1, 0.15) is 13.3 Å². The summed E-state index contributed by atoms with van der Waals surface area (Å²) in [6.07, 6.45) is 0.738. The van der Waals surface area contributed by atoms with E-state index in [4.69, 9.17) is 0 Å². The molecule has 2 saturated heterocycles. The van der Waals surface area contributed by atoms with Crippen molar-refractivity contribution in [1.82, 2.24) is 15.1 Å². The van der Waals surface area contributed by atoms with E-state index >= 15 is 0 Å². The highest BCUT2D eigenvalue weighted by Crippen LogP contribution is 2.24. The maximum Gasteiger partial charge on any atom is 0.222 e. The van der Waals surface area contributed by atoms with Crippen molar-refractivity contribution in [2.45, 2.75) is 19.4 Å². The van der Waals surface area contributed by atoms with Gasteiger partial charge < -0.3 is 15.1 Å². The van der Waals surface area contributed by atoms with E-state index in [2.05, 4.69) is 17.1 Å². The zero-order chi connectivity index (χ0) is 10.8. The van der Waals surface area contributed by atoms with Crippen molar-refractivity contribution in [3.05, 3.63) is 0 Å². The first-order valence-electron chi connectivity index (χ1n) is 5.87. The molecule has 0 aromatic heterocycles. The summed E-state index contributed by atoms with van der Waals surface area (Å²) in [5.41, 5.74) is 0. The number of hydrogen-bond donors (Lipinski definition) is 1. The fourth-order valence-electron chi connectivity index (χ4n) is 2.52. The molecule has 2 aliphatic rings. The third-order valence-corrected chi connectivity index (χ3v) is 3.83. The first-order chi connectivity index (χ1) is 7.18. The van der Waals surface area contributed by atoms with Crippen LogP contribution in [-0.4, -0.2) is 61.5 Å². The Bertz CT molecular complexity index is 238. The fourth-order valence-corrected chi connectivity index (χ4v) is 2.52. The average Bonchev–Trinajstić information content (AvgIpc) is 2.48. The third-order valence-electron chi connectivity index (χ3n) is 3.83. The fraction of sp³-hybridized carbons (Fsp3) is 0.909. The molecule has 0 saturated carbocycles. The molecule has 4 heteroatoms. The topological polar surface area (TPSA) is 35.6 Å². The zero-order valence-corrected chi connectivity index (χ0v) is 9.70. The molecule has 4 nitrogen and oxygen atoms in total. The van der Waals surface area contributed by atoms with Crippen molar-refractivity contribution in [2.75, 3.05) is 39.8 Å². The van der Waals surface area contributed by atoms with Gasteiger partial charge in [0.15, 0.2) is 0 Å². The Kier molecular flexibility index (Phi) is 3.26. The average molecular weight is 211 g/mol. The number of carbonyl (C=O) groups excluding carboxylic acids is 1. The van der Waals surface area contributed by atoms with E-state index in [1.807, 2.05) is 11.9 Å². The number of piperazine rings is 1. The molecule has 2 heterocycles. The minimum Gasteiger partial charge on any atom is -0.343 e. The summed E-state index contributed by atoms with van der Waals surface area (Å²) in [7, 11) is 1.92. The molecule has 15 heavy (non-hydrogen) atoms. The van der Waals surface area contributed by atoms with Gasteiger partial charge in [-0.3, -0.25) is 4.79 Å². The molecule has 0 unspecified atom stereocenters. The number of nitrogens with one attached hydrogen (secondary N) is 1. The molecule has 86 valence electrons. The number of hydrogen-bond acceptors (Lipinski definition) is 3. The van der Waals surface area contributed by atoms with Crippen LogP contribution < -0.4 is 5.32 Å². The lowest BCUT2D eigenvalue weighted by Gasteiger charge is -2.31. The Labute approximate surface area is 91.6 Å². The summed E-state index contributed by atoms with van der Waals surface area (Å²) >= 11 is 0. The van der Waals surface area contributed by atoms with Crippen LogP contribution >= 0.6 is 0 Å². The van der Waals surface area contributed by atoms with Gasteiger partial charge >= 0.3 is 0 Å². The SMILES string of the molecule is C[C@@H]1[C@@H](CN2CCNCC2)CC(=O)N1C. The summed E-state index contributed by atoms with van der Waals surface area (Å²) < 4.78 is 0. The van der Waals surface area contributed by atoms with Gasteiger partial charge in [0.05, 0.1) is 0 Å². The summed E-state index contributed by atoms with van der Waals surface area (Å²) in [6, 6.07) is 0.410. The Morgan fingerprint density at radius 2 is 2.07 bits per heavy atom. The molecular weight excluding hydrogens is 190 g/mol. The van der Waals surface area contributed by atoms with Crippen molar-refractivity contribution >= 4 is 5.91 Å². The second-order valence-corrected chi connectivity index (χ2v) is 4.76. The summed E-state index contributed by atoms with van der Waals surface area (Å²) in [4.78, 5) is 15.9. The van der Waals surface area contributed by atoms with Gasteiger partial charge in [0.2, 0.25) is 5.91 Å². The third kappa shape index (κ3) is 2.32. The summed E-state index contributed by atoms with van der Waals surface area (Å²) in [5.74, 6) is 0.836. The monoisotopic (exact) mass is 211 g/mol. The first kappa shape index (κ1) is 10.9. The van der Waals surface area contributed by atoms with Crippen molar-refractivity contribution in [3.8, 4) is 0 Å². The number of carbonyl (C=O) groups is 1. The number of likely N-dealkylation sites (tertiary alicyclic amines) is 1. The second-order valence-electron chi connectivity index (χ2n) is 4.76. The van der Waals surface area contributed by atoms with Gasteiger partial charge in [0.25, 0.3) is 0 Å². The molecule has 1 N–H and O–H groups in total. The standard InChI is InChI=1S/C11H21N3O/c1-9-10(7-11(15)13(9)2)8-14-5-3-12-4-6-14/h9-10,12H,3-8H2,1-2H3/t9-,10-/m1/s1. The minimum absolute atomic E-state index is 0.308. The number of nitrogens with zero attached hydrogens (tertiary/aromatic N) is 2. The molecule has 0 aromatic rings. The molecule has 2 atom stereocenters. The summed E-state index contributed by atoms with van der Waals surface area (Å²) in [5, 5.41) is 3.35. The predicted octanol–water partition coefficient (Wildman–Crippen LogP) is -0.242. The van der Waals surface area contributed by atoms with E-state index in [0.29, 0.717) is 17.9 Å². The van der Waals surface area contributed by atoms with Gasteiger partial charge in [-0.25, -0.2) is 0 Å². The van der Waals surface area contributed by atoms with Crippen molar-refractivity contribution in [3.63, 3.8) is 0 Å². The normalized spacial score (nSPS) is 33.7. The van der Waals surface area contributed by atoms with Gasteiger partial charge in [-0.1, -0.05) is 0 Å². The Morgan fingerprint density at radius 3 is 2.60 bits per heavy atom. The van der Waals surface area contributed by atoms with Crippen LogP contribution in [0.3, 0.4) is 0 Å². The maximum absolute atomic E-state index is 11.5. The highest BCUT2D eigenvalue weighted by Gasteiger charge is 2.35. The van der Waals surface area contributed by atoms with Gasteiger partial charge in [-0.15, -0.1) is 0 Å². The Hall–Kier alpha value is -0.610. The molecule has 0 aromatic carbocycles. The van der Waals surface area contributed by atoms with Crippen LogP contribution in [0.2, 0.25) is 0 Å². The molecule has 1 amide bonds. The maximum atomic E-state index is 11.5. The van der Waals surface area contributed by atoms with Crippen LogP contribution in [0.4, 0.5) is 0 Å². The molecule has 2 fully saturated rings. The molecule has 2 aliphatic heterocycles. The second kappa shape index (κ2) is 4.49. The predicted molar refractivity (Wildman–Crippen MR) is 59.6 cm³/mol. The van der Waals surface area contributed by atoms with E-state index in [-0.39, 0.29) is 0 Å². The Balaban J connectivity index is 1.86.